The first-order valence-electron chi connectivity index (χ1n) is 4.29. The number of sulfonamides is 1. The molecule has 1 heterocycles. The number of thiophene rings is 1. The fraction of sp³-hybridized carbons (Fsp3) is 0.375. The molecule has 0 radical (unpaired) electrons. The van der Waals surface area contributed by atoms with Gasteiger partial charge in [0.15, 0.2) is 0 Å². The Labute approximate surface area is 91.8 Å². The summed E-state index contributed by atoms with van der Waals surface area (Å²) in [4.78, 5) is 10.4. The Kier molecular flexibility index (Phi) is 3.83. The molecule has 0 saturated carbocycles. The Bertz CT molecular complexity index is 449. The molecule has 0 fully saturated rings. The summed E-state index contributed by atoms with van der Waals surface area (Å²) < 4.78 is 25.5. The maximum absolute atomic E-state index is 11.6. The van der Waals surface area contributed by atoms with Crippen molar-refractivity contribution in [1.29, 1.82) is 0 Å². The highest BCUT2D eigenvalue weighted by Crippen LogP contribution is 2.21. The van der Waals surface area contributed by atoms with Crippen molar-refractivity contribution in [2.45, 2.75) is 18.2 Å². The largest absolute Gasteiger partial charge is 0.477 e. The highest BCUT2D eigenvalue weighted by atomic mass is 32.2. The van der Waals surface area contributed by atoms with Gasteiger partial charge in [-0.05, 0) is 17.9 Å². The zero-order valence-electron chi connectivity index (χ0n) is 8.06. The van der Waals surface area contributed by atoms with Gasteiger partial charge >= 0.3 is 5.97 Å². The summed E-state index contributed by atoms with van der Waals surface area (Å²) in [6.07, 6.45) is 0.659. The summed E-state index contributed by atoms with van der Waals surface area (Å²) in [5.74, 6) is -1.22. The van der Waals surface area contributed by atoms with Gasteiger partial charge in [-0.25, -0.2) is 17.9 Å². The van der Waals surface area contributed by atoms with E-state index < -0.39 is 16.0 Å². The lowest BCUT2D eigenvalue weighted by molar-refractivity contribution is 0.0698. The summed E-state index contributed by atoms with van der Waals surface area (Å²) in [5.41, 5.74) is 0. The van der Waals surface area contributed by atoms with Gasteiger partial charge in [0.2, 0.25) is 10.0 Å². The van der Waals surface area contributed by atoms with Gasteiger partial charge in [0.25, 0.3) is 0 Å². The van der Waals surface area contributed by atoms with Crippen LogP contribution in [0.25, 0.3) is 0 Å². The second kappa shape index (κ2) is 4.73. The van der Waals surface area contributed by atoms with Gasteiger partial charge in [-0.2, -0.15) is 0 Å². The third-order valence-electron chi connectivity index (χ3n) is 1.65. The summed E-state index contributed by atoms with van der Waals surface area (Å²) in [6, 6.07) is 1.30. The molecule has 0 aliphatic carbocycles. The van der Waals surface area contributed by atoms with Crippen LogP contribution in [0.4, 0.5) is 0 Å². The average Bonchev–Trinajstić information content (AvgIpc) is 2.63. The van der Waals surface area contributed by atoms with E-state index in [0.717, 1.165) is 11.3 Å². The molecule has 0 amide bonds. The molecule has 1 aromatic rings. The standard InChI is InChI=1S/C8H11NO4S2/c1-2-4-9-15(12,13)6-3-5-14-7(6)8(10)11/h3,5,9H,2,4H2,1H3,(H,10,11). The van der Waals surface area contributed by atoms with Crippen molar-refractivity contribution in [3.05, 3.63) is 16.3 Å². The molecule has 0 saturated heterocycles. The van der Waals surface area contributed by atoms with Crippen molar-refractivity contribution in [3.63, 3.8) is 0 Å². The summed E-state index contributed by atoms with van der Waals surface area (Å²) in [6.45, 7) is 2.13. The molecule has 2 N–H and O–H groups in total. The van der Waals surface area contributed by atoms with Crippen molar-refractivity contribution >= 4 is 27.3 Å². The lowest BCUT2D eigenvalue weighted by Crippen LogP contribution is -2.25. The highest BCUT2D eigenvalue weighted by molar-refractivity contribution is 7.89. The molecule has 0 spiro atoms. The smallest absolute Gasteiger partial charge is 0.347 e. The number of rotatable bonds is 5. The number of nitrogens with one attached hydrogen (secondary N) is 1. The number of carbonyl (C=O) groups is 1. The van der Waals surface area contributed by atoms with Gasteiger partial charge in [-0.15, -0.1) is 11.3 Å². The predicted octanol–water partition coefficient (Wildman–Crippen LogP) is 1.13. The van der Waals surface area contributed by atoms with E-state index >= 15 is 0 Å². The molecule has 7 heteroatoms. The molecule has 15 heavy (non-hydrogen) atoms. The maximum atomic E-state index is 11.6. The Balaban J connectivity index is 3.05. The van der Waals surface area contributed by atoms with Crippen LogP contribution >= 0.6 is 11.3 Å². The van der Waals surface area contributed by atoms with Crippen LogP contribution in [0.1, 0.15) is 23.0 Å². The van der Waals surface area contributed by atoms with Crippen molar-refractivity contribution in [2.24, 2.45) is 0 Å². The van der Waals surface area contributed by atoms with Crippen LogP contribution in [0.5, 0.6) is 0 Å². The molecule has 5 nitrogen and oxygen atoms in total. The van der Waals surface area contributed by atoms with E-state index in [4.69, 9.17) is 5.11 Å². The second-order valence-corrected chi connectivity index (χ2v) is 5.47. The number of carboxylic acids is 1. The van der Waals surface area contributed by atoms with E-state index in [1.807, 2.05) is 6.92 Å². The fourth-order valence-corrected chi connectivity index (χ4v) is 3.37. The van der Waals surface area contributed by atoms with Crippen molar-refractivity contribution in [3.8, 4) is 0 Å². The molecule has 0 unspecified atom stereocenters. The first kappa shape index (κ1) is 12.2. The van der Waals surface area contributed by atoms with Gasteiger partial charge < -0.3 is 5.11 Å². The molecule has 0 atom stereocenters. The monoisotopic (exact) mass is 249 g/mol. The Morgan fingerprint density at radius 1 is 1.60 bits per heavy atom. The quantitative estimate of drug-likeness (QED) is 0.819. The molecule has 0 aromatic carbocycles. The van der Waals surface area contributed by atoms with Crippen LogP contribution in [0.15, 0.2) is 16.3 Å². The number of aromatic carboxylic acids is 1. The maximum Gasteiger partial charge on any atom is 0.347 e. The van der Waals surface area contributed by atoms with Crippen LogP contribution in [0.2, 0.25) is 0 Å². The van der Waals surface area contributed by atoms with E-state index in [1.165, 1.54) is 11.4 Å². The third kappa shape index (κ3) is 2.77. The second-order valence-electron chi connectivity index (χ2n) is 2.82. The van der Waals surface area contributed by atoms with Crippen LogP contribution in [-0.4, -0.2) is 26.0 Å². The highest BCUT2D eigenvalue weighted by Gasteiger charge is 2.22. The number of carboxylic acid groups (broad SMARTS) is 1. The van der Waals surface area contributed by atoms with E-state index in [0.29, 0.717) is 13.0 Å². The zero-order valence-corrected chi connectivity index (χ0v) is 9.69. The molecule has 0 aliphatic heterocycles. The van der Waals surface area contributed by atoms with Crippen molar-refractivity contribution in [2.75, 3.05) is 6.54 Å². The van der Waals surface area contributed by atoms with E-state index in [2.05, 4.69) is 4.72 Å². The number of hydrogen-bond acceptors (Lipinski definition) is 4. The van der Waals surface area contributed by atoms with Gasteiger partial charge in [-0.1, -0.05) is 6.92 Å². The molecular formula is C8H11NO4S2. The SMILES string of the molecule is CCCNS(=O)(=O)c1ccsc1C(=O)O. The normalized spacial score (nSPS) is 11.5. The van der Waals surface area contributed by atoms with E-state index in [-0.39, 0.29) is 9.77 Å². The van der Waals surface area contributed by atoms with Gasteiger partial charge in [0, 0.05) is 6.54 Å². The first-order chi connectivity index (χ1) is 6.99. The molecular weight excluding hydrogens is 238 g/mol. The lowest BCUT2D eigenvalue weighted by atomic mass is 10.5. The molecule has 0 aliphatic rings. The van der Waals surface area contributed by atoms with E-state index in [1.54, 1.807) is 0 Å². The van der Waals surface area contributed by atoms with Crippen LogP contribution in [0, 0.1) is 0 Å². The van der Waals surface area contributed by atoms with Crippen LogP contribution < -0.4 is 4.72 Å². The molecule has 84 valence electrons. The topological polar surface area (TPSA) is 83.5 Å². The number of hydrogen-bond donors (Lipinski definition) is 2. The minimum absolute atomic E-state index is 0.154. The fourth-order valence-electron chi connectivity index (χ4n) is 0.979. The molecule has 1 rings (SSSR count). The Morgan fingerprint density at radius 2 is 2.27 bits per heavy atom. The van der Waals surface area contributed by atoms with Crippen molar-refractivity contribution < 1.29 is 18.3 Å². The molecule has 0 bridgehead atoms. The minimum atomic E-state index is -3.68. The summed E-state index contributed by atoms with van der Waals surface area (Å²) in [7, 11) is -3.68. The Hall–Kier alpha value is -0.920. The average molecular weight is 249 g/mol. The van der Waals surface area contributed by atoms with Crippen LogP contribution in [-0.2, 0) is 10.0 Å². The van der Waals surface area contributed by atoms with Crippen molar-refractivity contribution in [1.82, 2.24) is 4.72 Å². The third-order valence-corrected chi connectivity index (χ3v) is 4.19. The minimum Gasteiger partial charge on any atom is -0.477 e. The lowest BCUT2D eigenvalue weighted by Gasteiger charge is -2.04. The van der Waals surface area contributed by atoms with Crippen LogP contribution in [0.3, 0.4) is 0 Å². The van der Waals surface area contributed by atoms with E-state index in [9.17, 15) is 13.2 Å². The Morgan fingerprint density at radius 3 is 2.80 bits per heavy atom. The van der Waals surface area contributed by atoms with Gasteiger partial charge in [-0.3, -0.25) is 0 Å². The summed E-state index contributed by atoms with van der Waals surface area (Å²) in [5, 5.41) is 10.2. The first-order valence-corrected chi connectivity index (χ1v) is 6.65. The zero-order chi connectivity index (χ0) is 11.5. The van der Waals surface area contributed by atoms with Gasteiger partial charge in [0.05, 0.1) is 0 Å². The summed E-state index contributed by atoms with van der Waals surface area (Å²) >= 11 is 0.899. The predicted molar refractivity (Wildman–Crippen MR) is 56.8 cm³/mol. The van der Waals surface area contributed by atoms with Gasteiger partial charge in [0.1, 0.15) is 9.77 Å². The molecule has 1 aromatic heterocycles.